The minimum absolute atomic E-state index is 0.166. The standard InChI is InChI=1S/C15H22F3N3/c1-3-19-11(2)14-5-4-13(10-20-14)21-8-6-12(7-9-21)15(16,17)18/h4-5,10-12,19H,3,6-9H2,1-2H3. The number of rotatable bonds is 4. The summed E-state index contributed by atoms with van der Waals surface area (Å²) in [5, 5.41) is 3.28. The lowest BCUT2D eigenvalue weighted by Gasteiger charge is -2.34. The number of hydrogen-bond acceptors (Lipinski definition) is 3. The van der Waals surface area contributed by atoms with E-state index in [9.17, 15) is 13.2 Å². The molecule has 0 radical (unpaired) electrons. The van der Waals surface area contributed by atoms with Crippen molar-refractivity contribution in [1.29, 1.82) is 0 Å². The molecule has 1 saturated heterocycles. The fourth-order valence-corrected chi connectivity index (χ4v) is 2.72. The van der Waals surface area contributed by atoms with Crippen LogP contribution < -0.4 is 10.2 Å². The van der Waals surface area contributed by atoms with Gasteiger partial charge in [0.2, 0.25) is 0 Å². The number of nitrogens with zero attached hydrogens (tertiary/aromatic N) is 2. The number of hydrogen-bond donors (Lipinski definition) is 1. The van der Waals surface area contributed by atoms with E-state index in [1.807, 2.05) is 30.9 Å². The Kier molecular flexibility index (Phi) is 5.08. The van der Waals surface area contributed by atoms with Gasteiger partial charge in [-0.05, 0) is 38.4 Å². The highest BCUT2D eigenvalue weighted by Crippen LogP contribution is 2.35. The normalized spacial score (nSPS) is 18.8. The van der Waals surface area contributed by atoms with Crippen molar-refractivity contribution in [2.24, 2.45) is 5.92 Å². The van der Waals surface area contributed by atoms with Crippen LogP contribution >= 0.6 is 0 Å². The van der Waals surface area contributed by atoms with Gasteiger partial charge in [-0.2, -0.15) is 13.2 Å². The lowest BCUT2D eigenvalue weighted by atomic mass is 9.96. The van der Waals surface area contributed by atoms with Gasteiger partial charge in [0.1, 0.15) is 0 Å². The summed E-state index contributed by atoms with van der Waals surface area (Å²) in [5.74, 6) is -1.16. The molecule has 0 aromatic carbocycles. The predicted octanol–water partition coefficient (Wildman–Crippen LogP) is 3.53. The Morgan fingerprint density at radius 3 is 2.48 bits per heavy atom. The minimum Gasteiger partial charge on any atom is -0.370 e. The molecule has 0 spiro atoms. The molecular weight excluding hydrogens is 279 g/mol. The van der Waals surface area contributed by atoms with Gasteiger partial charge >= 0.3 is 6.18 Å². The average molecular weight is 301 g/mol. The molecule has 2 heterocycles. The van der Waals surface area contributed by atoms with Crippen LogP contribution in [0.4, 0.5) is 18.9 Å². The highest BCUT2D eigenvalue weighted by atomic mass is 19.4. The molecule has 1 unspecified atom stereocenters. The molecule has 1 atom stereocenters. The summed E-state index contributed by atoms with van der Waals surface area (Å²) < 4.78 is 37.9. The maximum atomic E-state index is 12.6. The van der Waals surface area contributed by atoms with Gasteiger partial charge in [-0.1, -0.05) is 6.92 Å². The van der Waals surface area contributed by atoms with Crippen LogP contribution in [0.25, 0.3) is 0 Å². The van der Waals surface area contributed by atoms with Gasteiger partial charge in [0.25, 0.3) is 0 Å². The molecule has 1 aliphatic heterocycles. The van der Waals surface area contributed by atoms with Gasteiger partial charge in [-0.25, -0.2) is 0 Å². The minimum atomic E-state index is -4.06. The predicted molar refractivity (Wildman–Crippen MR) is 77.3 cm³/mol. The molecule has 1 aromatic heterocycles. The zero-order chi connectivity index (χ0) is 15.5. The molecule has 0 bridgehead atoms. The number of aromatic nitrogens is 1. The number of anilines is 1. The zero-order valence-corrected chi connectivity index (χ0v) is 12.5. The molecule has 2 rings (SSSR count). The number of alkyl halides is 3. The number of pyridine rings is 1. The SMILES string of the molecule is CCNC(C)c1ccc(N2CCC(C(F)(F)F)CC2)cn1. The maximum absolute atomic E-state index is 12.6. The van der Waals surface area contributed by atoms with E-state index in [1.165, 1.54) is 0 Å². The lowest BCUT2D eigenvalue weighted by molar-refractivity contribution is -0.179. The Bertz CT molecular complexity index is 436. The molecule has 0 amide bonds. The molecule has 0 aliphatic carbocycles. The Labute approximate surface area is 123 Å². The Hall–Kier alpha value is -1.30. The van der Waals surface area contributed by atoms with Gasteiger partial charge in [0.05, 0.1) is 23.5 Å². The highest BCUT2D eigenvalue weighted by Gasteiger charge is 2.41. The molecule has 1 N–H and O–H groups in total. The Morgan fingerprint density at radius 2 is 2.00 bits per heavy atom. The molecule has 3 nitrogen and oxygen atoms in total. The Morgan fingerprint density at radius 1 is 1.33 bits per heavy atom. The third-order valence-corrected chi connectivity index (χ3v) is 4.05. The van der Waals surface area contributed by atoms with Crippen molar-refractivity contribution in [3.05, 3.63) is 24.0 Å². The molecule has 21 heavy (non-hydrogen) atoms. The van der Waals surface area contributed by atoms with Gasteiger partial charge in [-0.15, -0.1) is 0 Å². The molecular formula is C15H22F3N3. The fourth-order valence-electron chi connectivity index (χ4n) is 2.72. The largest absolute Gasteiger partial charge is 0.391 e. The summed E-state index contributed by atoms with van der Waals surface area (Å²) in [6.07, 6.45) is -1.97. The fraction of sp³-hybridized carbons (Fsp3) is 0.667. The molecule has 1 aromatic rings. The van der Waals surface area contributed by atoms with Crippen LogP contribution in [0.1, 0.15) is 38.4 Å². The smallest absolute Gasteiger partial charge is 0.370 e. The van der Waals surface area contributed by atoms with E-state index < -0.39 is 12.1 Å². The number of halogens is 3. The maximum Gasteiger partial charge on any atom is 0.391 e. The first-order valence-electron chi connectivity index (χ1n) is 7.42. The second-order valence-corrected chi connectivity index (χ2v) is 5.52. The first-order chi connectivity index (χ1) is 9.91. The highest BCUT2D eigenvalue weighted by molar-refractivity contribution is 5.45. The van der Waals surface area contributed by atoms with Gasteiger partial charge in [0.15, 0.2) is 0 Å². The molecule has 1 fully saturated rings. The van der Waals surface area contributed by atoms with Crippen molar-refractivity contribution in [3.63, 3.8) is 0 Å². The van der Waals surface area contributed by atoms with E-state index >= 15 is 0 Å². The van der Waals surface area contributed by atoms with Crippen LogP contribution in [0.15, 0.2) is 18.3 Å². The van der Waals surface area contributed by atoms with Crippen molar-refractivity contribution < 1.29 is 13.2 Å². The van der Waals surface area contributed by atoms with E-state index in [0.29, 0.717) is 13.1 Å². The number of nitrogens with one attached hydrogen (secondary N) is 1. The second kappa shape index (κ2) is 6.64. The molecule has 118 valence electrons. The zero-order valence-electron chi connectivity index (χ0n) is 12.5. The summed E-state index contributed by atoms with van der Waals surface area (Å²) in [7, 11) is 0. The molecule has 6 heteroatoms. The van der Waals surface area contributed by atoms with Crippen molar-refractivity contribution in [3.8, 4) is 0 Å². The molecule has 1 aliphatic rings. The summed E-state index contributed by atoms with van der Waals surface area (Å²) in [6, 6.07) is 4.07. The summed E-state index contributed by atoms with van der Waals surface area (Å²) in [6.45, 7) is 5.83. The van der Waals surface area contributed by atoms with E-state index in [4.69, 9.17) is 0 Å². The third kappa shape index (κ3) is 4.09. The third-order valence-electron chi connectivity index (χ3n) is 4.05. The Balaban J connectivity index is 1.95. The van der Waals surface area contributed by atoms with E-state index in [1.54, 1.807) is 6.20 Å². The summed E-state index contributed by atoms with van der Waals surface area (Å²) in [4.78, 5) is 6.40. The van der Waals surface area contributed by atoms with Crippen LogP contribution in [0.5, 0.6) is 0 Å². The van der Waals surface area contributed by atoms with Crippen molar-refractivity contribution >= 4 is 5.69 Å². The monoisotopic (exact) mass is 301 g/mol. The summed E-state index contributed by atoms with van der Waals surface area (Å²) in [5.41, 5.74) is 1.86. The average Bonchev–Trinajstić information content (AvgIpc) is 2.47. The second-order valence-electron chi connectivity index (χ2n) is 5.52. The van der Waals surface area contributed by atoms with Crippen LogP contribution in [0.3, 0.4) is 0 Å². The first kappa shape index (κ1) is 16.1. The van der Waals surface area contributed by atoms with E-state index in [0.717, 1.165) is 17.9 Å². The van der Waals surface area contributed by atoms with Crippen molar-refractivity contribution in [2.45, 2.75) is 38.9 Å². The van der Waals surface area contributed by atoms with E-state index in [2.05, 4.69) is 10.3 Å². The van der Waals surface area contributed by atoms with Gasteiger partial charge < -0.3 is 10.2 Å². The van der Waals surface area contributed by atoms with Gasteiger partial charge in [-0.3, -0.25) is 4.98 Å². The van der Waals surface area contributed by atoms with E-state index in [-0.39, 0.29) is 18.9 Å². The van der Waals surface area contributed by atoms with Crippen LogP contribution in [0.2, 0.25) is 0 Å². The number of piperidine rings is 1. The summed E-state index contributed by atoms with van der Waals surface area (Å²) >= 11 is 0. The van der Waals surface area contributed by atoms with Crippen LogP contribution in [0, 0.1) is 5.92 Å². The quantitative estimate of drug-likeness (QED) is 0.922. The van der Waals surface area contributed by atoms with Crippen molar-refractivity contribution in [2.75, 3.05) is 24.5 Å². The van der Waals surface area contributed by atoms with Crippen molar-refractivity contribution in [1.82, 2.24) is 10.3 Å². The van der Waals surface area contributed by atoms with Gasteiger partial charge in [0, 0.05) is 19.1 Å². The lowest BCUT2D eigenvalue weighted by Crippen LogP contribution is -2.39. The first-order valence-corrected chi connectivity index (χ1v) is 7.42. The molecule has 0 saturated carbocycles. The van der Waals surface area contributed by atoms with Crippen LogP contribution in [-0.2, 0) is 0 Å². The van der Waals surface area contributed by atoms with Crippen LogP contribution in [-0.4, -0.2) is 30.8 Å². The topological polar surface area (TPSA) is 28.2 Å².